The largest absolute Gasteiger partial charge is 0.378 e. The summed E-state index contributed by atoms with van der Waals surface area (Å²) in [5.41, 5.74) is 0.186. The summed E-state index contributed by atoms with van der Waals surface area (Å²) < 4.78 is 30.2. The zero-order valence-electron chi connectivity index (χ0n) is 10.1. The Labute approximate surface area is 133 Å². The SMILES string of the molecule is CC(=O)c1cc(Br)ccc1OS(=O)(=O)c1ccc(Cl)s1. The lowest BCUT2D eigenvalue weighted by Gasteiger charge is -2.09. The number of carbonyl (C=O) groups is 1. The first-order chi connectivity index (χ1) is 9.29. The van der Waals surface area contributed by atoms with E-state index in [-0.39, 0.29) is 21.3 Å². The van der Waals surface area contributed by atoms with Crippen LogP contribution in [0.25, 0.3) is 0 Å². The van der Waals surface area contributed by atoms with E-state index in [0.717, 1.165) is 11.3 Å². The average molecular weight is 396 g/mol. The van der Waals surface area contributed by atoms with E-state index in [9.17, 15) is 13.2 Å². The van der Waals surface area contributed by atoms with Gasteiger partial charge in [-0.3, -0.25) is 4.79 Å². The van der Waals surface area contributed by atoms with Gasteiger partial charge in [0.25, 0.3) is 0 Å². The highest BCUT2D eigenvalue weighted by molar-refractivity contribution is 9.10. The predicted molar refractivity (Wildman–Crippen MR) is 81.3 cm³/mol. The molecular weight excluding hydrogens is 388 g/mol. The molecule has 1 heterocycles. The molecule has 0 spiro atoms. The van der Waals surface area contributed by atoms with Gasteiger partial charge in [-0.25, -0.2) is 0 Å². The van der Waals surface area contributed by atoms with E-state index in [1.165, 1.54) is 31.2 Å². The van der Waals surface area contributed by atoms with E-state index in [1.54, 1.807) is 6.07 Å². The molecule has 0 atom stereocenters. The Balaban J connectivity index is 2.42. The van der Waals surface area contributed by atoms with E-state index < -0.39 is 10.1 Å². The number of hydrogen-bond donors (Lipinski definition) is 0. The highest BCUT2D eigenvalue weighted by atomic mass is 79.9. The minimum atomic E-state index is -3.99. The van der Waals surface area contributed by atoms with Crippen LogP contribution >= 0.6 is 38.9 Å². The van der Waals surface area contributed by atoms with Crippen molar-refractivity contribution in [3.05, 3.63) is 44.7 Å². The second-order valence-corrected chi connectivity index (χ2v) is 8.20. The van der Waals surface area contributed by atoms with Gasteiger partial charge in [0.05, 0.1) is 9.90 Å². The zero-order chi connectivity index (χ0) is 14.9. The summed E-state index contributed by atoms with van der Waals surface area (Å²) in [7, 11) is -3.99. The van der Waals surface area contributed by atoms with Crippen molar-refractivity contribution in [1.82, 2.24) is 0 Å². The maximum atomic E-state index is 12.1. The molecule has 1 aromatic heterocycles. The Morgan fingerprint density at radius 2 is 2.00 bits per heavy atom. The molecule has 0 amide bonds. The van der Waals surface area contributed by atoms with E-state index >= 15 is 0 Å². The number of halogens is 2. The smallest absolute Gasteiger partial charge is 0.348 e. The third kappa shape index (κ3) is 3.41. The van der Waals surface area contributed by atoms with Crippen LogP contribution in [0.5, 0.6) is 5.75 Å². The molecule has 0 aliphatic carbocycles. The predicted octanol–water partition coefficient (Wildman–Crippen LogP) is 4.13. The standard InChI is InChI=1S/C12H8BrClO4S2/c1-7(15)9-6-8(13)2-3-10(9)18-20(16,17)12-5-4-11(14)19-12/h2-6H,1H3. The molecule has 0 radical (unpaired) electrons. The van der Waals surface area contributed by atoms with Gasteiger partial charge in [0.15, 0.2) is 15.7 Å². The molecule has 2 rings (SSSR count). The molecular formula is C12H8BrClO4S2. The minimum absolute atomic E-state index is 0.00905. The molecule has 0 saturated heterocycles. The van der Waals surface area contributed by atoms with Crippen molar-refractivity contribution >= 4 is 54.8 Å². The maximum absolute atomic E-state index is 12.1. The molecule has 0 bridgehead atoms. The fourth-order valence-electron chi connectivity index (χ4n) is 1.44. The maximum Gasteiger partial charge on any atom is 0.348 e. The lowest BCUT2D eigenvalue weighted by atomic mass is 10.1. The molecule has 0 saturated carbocycles. The van der Waals surface area contributed by atoms with Crippen LogP contribution in [0.4, 0.5) is 0 Å². The number of Topliss-reactive ketones (excluding diaryl/α,β-unsaturated/α-hetero) is 1. The van der Waals surface area contributed by atoms with Gasteiger partial charge in [0.2, 0.25) is 0 Å². The monoisotopic (exact) mass is 394 g/mol. The summed E-state index contributed by atoms with van der Waals surface area (Å²) in [4.78, 5) is 11.5. The summed E-state index contributed by atoms with van der Waals surface area (Å²) in [5, 5.41) is 0. The van der Waals surface area contributed by atoms with E-state index in [1.807, 2.05) is 0 Å². The highest BCUT2D eigenvalue weighted by Crippen LogP contribution is 2.30. The van der Waals surface area contributed by atoms with Gasteiger partial charge in [-0.05, 0) is 37.3 Å². The molecule has 0 aliphatic rings. The molecule has 2 aromatic rings. The first-order valence-corrected chi connectivity index (χ1v) is 8.69. The number of benzene rings is 1. The highest BCUT2D eigenvalue weighted by Gasteiger charge is 2.22. The summed E-state index contributed by atoms with van der Waals surface area (Å²) in [6.45, 7) is 1.34. The third-order valence-corrected chi connectivity index (χ3v) is 5.72. The first kappa shape index (κ1) is 15.5. The van der Waals surface area contributed by atoms with Crippen molar-refractivity contribution in [1.29, 1.82) is 0 Å². The van der Waals surface area contributed by atoms with Gasteiger partial charge in [-0.2, -0.15) is 8.42 Å². The van der Waals surface area contributed by atoms with Gasteiger partial charge in [0.1, 0.15) is 0 Å². The number of thiophene rings is 1. The number of hydrogen-bond acceptors (Lipinski definition) is 5. The van der Waals surface area contributed by atoms with Gasteiger partial charge < -0.3 is 4.18 Å². The molecule has 1 aromatic carbocycles. The summed E-state index contributed by atoms with van der Waals surface area (Å²) >= 11 is 9.82. The van der Waals surface area contributed by atoms with Crippen molar-refractivity contribution in [3.63, 3.8) is 0 Å². The number of rotatable bonds is 4. The van der Waals surface area contributed by atoms with Crippen LogP contribution in [-0.2, 0) is 10.1 Å². The van der Waals surface area contributed by atoms with Crippen molar-refractivity contribution in [3.8, 4) is 5.75 Å². The van der Waals surface area contributed by atoms with Crippen LogP contribution in [0.2, 0.25) is 4.34 Å². The first-order valence-electron chi connectivity index (χ1n) is 5.30. The van der Waals surface area contributed by atoms with E-state index in [4.69, 9.17) is 15.8 Å². The third-order valence-electron chi connectivity index (χ3n) is 2.32. The van der Waals surface area contributed by atoms with Crippen LogP contribution in [0.15, 0.2) is 39.0 Å². The normalized spacial score (nSPS) is 11.3. The lowest BCUT2D eigenvalue weighted by molar-refractivity contribution is 0.101. The molecule has 0 fully saturated rings. The summed E-state index contributed by atoms with van der Waals surface area (Å²) in [6, 6.07) is 7.35. The van der Waals surface area contributed by atoms with E-state index in [0.29, 0.717) is 8.81 Å². The quantitative estimate of drug-likeness (QED) is 0.577. The number of carbonyl (C=O) groups excluding carboxylic acids is 1. The average Bonchev–Trinajstić information content (AvgIpc) is 2.78. The minimum Gasteiger partial charge on any atom is -0.378 e. The molecule has 0 aliphatic heterocycles. The van der Waals surface area contributed by atoms with Crippen molar-refractivity contribution in [2.75, 3.05) is 0 Å². The van der Waals surface area contributed by atoms with Gasteiger partial charge in [-0.15, -0.1) is 11.3 Å². The van der Waals surface area contributed by atoms with Gasteiger partial charge in [-0.1, -0.05) is 27.5 Å². The van der Waals surface area contributed by atoms with Gasteiger partial charge in [0, 0.05) is 4.47 Å². The van der Waals surface area contributed by atoms with Gasteiger partial charge >= 0.3 is 10.1 Å². The van der Waals surface area contributed by atoms with E-state index in [2.05, 4.69) is 15.9 Å². The van der Waals surface area contributed by atoms with Crippen LogP contribution in [-0.4, -0.2) is 14.2 Å². The summed E-state index contributed by atoms with van der Waals surface area (Å²) in [6.07, 6.45) is 0. The Hall–Kier alpha value is -0.890. The molecule has 106 valence electrons. The Kier molecular flexibility index (Phi) is 4.53. The lowest BCUT2D eigenvalue weighted by Crippen LogP contribution is -2.10. The Morgan fingerprint density at radius 1 is 1.30 bits per heavy atom. The zero-order valence-corrected chi connectivity index (χ0v) is 14.1. The summed E-state index contributed by atoms with van der Waals surface area (Å²) in [5.74, 6) is -0.300. The molecule has 4 nitrogen and oxygen atoms in total. The van der Waals surface area contributed by atoms with Crippen molar-refractivity contribution in [2.24, 2.45) is 0 Å². The molecule has 0 N–H and O–H groups in total. The fourth-order valence-corrected chi connectivity index (χ4v) is 4.19. The van der Waals surface area contributed by atoms with Crippen LogP contribution < -0.4 is 4.18 Å². The van der Waals surface area contributed by atoms with Crippen molar-refractivity contribution in [2.45, 2.75) is 11.1 Å². The molecule has 0 unspecified atom stereocenters. The van der Waals surface area contributed by atoms with Crippen molar-refractivity contribution < 1.29 is 17.4 Å². The number of ketones is 1. The fraction of sp³-hybridized carbons (Fsp3) is 0.0833. The Morgan fingerprint density at radius 3 is 2.55 bits per heavy atom. The second-order valence-electron chi connectivity index (χ2n) is 3.79. The van der Waals surface area contributed by atoms with Crippen LogP contribution in [0, 0.1) is 0 Å². The molecule has 20 heavy (non-hydrogen) atoms. The van der Waals surface area contributed by atoms with Crippen LogP contribution in [0.1, 0.15) is 17.3 Å². The van der Waals surface area contributed by atoms with Crippen LogP contribution in [0.3, 0.4) is 0 Å². The topological polar surface area (TPSA) is 60.4 Å². The second kappa shape index (κ2) is 5.85. The Bertz CT molecular complexity index is 768. The molecule has 8 heteroatoms.